The maximum Gasteiger partial charge on any atom is 0.244 e. The molecule has 0 aliphatic carbocycles. The average molecular weight is 356 g/mol. The molecule has 140 valence electrons. The quantitative estimate of drug-likeness (QED) is 0.824. The number of amides is 1. The van der Waals surface area contributed by atoms with Crippen LogP contribution in [0.1, 0.15) is 67.9 Å². The van der Waals surface area contributed by atoms with E-state index in [0.717, 1.165) is 30.8 Å². The smallest absolute Gasteiger partial charge is 0.244 e. The Morgan fingerprint density at radius 3 is 2.81 bits per heavy atom. The van der Waals surface area contributed by atoms with Crippen LogP contribution < -0.4 is 5.32 Å². The van der Waals surface area contributed by atoms with E-state index in [1.54, 1.807) is 0 Å². The van der Waals surface area contributed by atoms with Gasteiger partial charge in [-0.15, -0.1) is 0 Å². The Morgan fingerprint density at radius 1 is 1.35 bits per heavy atom. The van der Waals surface area contributed by atoms with E-state index in [1.807, 2.05) is 12.1 Å². The molecule has 1 N–H and O–H groups in total. The second-order valence-corrected chi connectivity index (χ2v) is 7.35. The fourth-order valence-corrected chi connectivity index (χ4v) is 3.23. The summed E-state index contributed by atoms with van der Waals surface area (Å²) in [6.45, 7) is 8.42. The van der Waals surface area contributed by atoms with Crippen molar-refractivity contribution < 1.29 is 9.32 Å². The summed E-state index contributed by atoms with van der Waals surface area (Å²) < 4.78 is 5.46. The number of nitrogens with zero attached hydrogens (tertiary/aromatic N) is 3. The molecule has 1 fully saturated rings. The lowest BCUT2D eigenvalue weighted by Crippen LogP contribution is -2.30. The van der Waals surface area contributed by atoms with Gasteiger partial charge < -0.3 is 9.84 Å². The molecule has 1 aliphatic heterocycles. The molecule has 1 aliphatic rings. The van der Waals surface area contributed by atoms with Crippen LogP contribution in [-0.4, -0.2) is 34.0 Å². The van der Waals surface area contributed by atoms with Crippen molar-refractivity contribution in [2.24, 2.45) is 0 Å². The summed E-state index contributed by atoms with van der Waals surface area (Å²) in [6.07, 6.45) is 2.58. The first-order valence-electron chi connectivity index (χ1n) is 9.42. The number of nitrogens with one attached hydrogen (secondary N) is 1. The second kappa shape index (κ2) is 8.45. The van der Waals surface area contributed by atoms with Crippen LogP contribution in [0.4, 0.5) is 0 Å². The highest BCUT2D eigenvalue weighted by Crippen LogP contribution is 2.31. The number of carbonyl (C=O) groups excluding carboxylic acids is 1. The summed E-state index contributed by atoms with van der Waals surface area (Å²) in [4.78, 5) is 19.0. The zero-order valence-corrected chi connectivity index (χ0v) is 15.9. The number of aryl methyl sites for hydroxylation is 1. The first-order chi connectivity index (χ1) is 12.5. The lowest BCUT2D eigenvalue weighted by atomic mass is 10.1. The largest absolute Gasteiger partial charge is 0.352 e. The van der Waals surface area contributed by atoms with E-state index >= 15 is 0 Å². The topological polar surface area (TPSA) is 71.3 Å². The van der Waals surface area contributed by atoms with Crippen LogP contribution in [-0.2, 0) is 11.3 Å². The maximum atomic E-state index is 12.2. The number of carbonyl (C=O) groups is 1. The van der Waals surface area contributed by atoms with E-state index < -0.39 is 0 Å². The SMILES string of the molecule is Cc1ccc(CNC(=O)CCN2CCC[C@@H]2c2nc(C(C)C)no2)cc1. The average Bonchev–Trinajstić information content (AvgIpc) is 3.28. The molecule has 1 aromatic carbocycles. The predicted molar refractivity (Wildman–Crippen MR) is 99.6 cm³/mol. The van der Waals surface area contributed by atoms with Crippen LogP contribution in [0.2, 0.25) is 0 Å². The van der Waals surface area contributed by atoms with Gasteiger partial charge in [-0.3, -0.25) is 9.69 Å². The van der Waals surface area contributed by atoms with Crippen molar-refractivity contribution >= 4 is 5.91 Å². The van der Waals surface area contributed by atoms with Crippen molar-refractivity contribution in [3.05, 3.63) is 47.1 Å². The number of likely N-dealkylation sites (tertiary alicyclic amines) is 1. The third-order valence-corrected chi connectivity index (χ3v) is 4.86. The molecule has 1 atom stereocenters. The molecule has 1 saturated heterocycles. The van der Waals surface area contributed by atoms with E-state index in [0.29, 0.717) is 25.4 Å². The van der Waals surface area contributed by atoms with Gasteiger partial charge in [-0.2, -0.15) is 4.98 Å². The van der Waals surface area contributed by atoms with Crippen LogP contribution >= 0.6 is 0 Å². The molecule has 26 heavy (non-hydrogen) atoms. The van der Waals surface area contributed by atoms with E-state index in [9.17, 15) is 4.79 Å². The minimum atomic E-state index is 0.0737. The Balaban J connectivity index is 1.48. The van der Waals surface area contributed by atoms with Gasteiger partial charge in [0.2, 0.25) is 11.8 Å². The van der Waals surface area contributed by atoms with Gasteiger partial charge in [-0.1, -0.05) is 48.8 Å². The van der Waals surface area contributed by atoms with E-state index in [4.69, 9.17) is 4.52 Å². The maximum absolute atomic E-state index is 12.2. The summed E-state index contributed by atoms with van der Waals surface area (Å²) in [5, 5.41) is 7.07. The summed E-state index contributed by atoms with van der Waals surface area (Å²) in [7, 11) is 0. The third kappa shape index (κ3) is 4.69. The third-order valence-electron chi connectivity index (χ3n) is 4.86. The molecule has 2 aromatic rings. The van der Waals surface area contributed by atoms with Crippen molar-refractivity contribution in [2.75, 3.05) is 13.1 Å². The number of hydrogen-bond donors (Lipinski definition) is 1. The molecule has 1 aromatic heterocycles. The number of aromatic nitrogens is 2. The van der Waals surface area contributed by atoms with Gasteiger partial charge in [0, 0.05) is 25.4 Å². The molecule has 0 saturated carbocycles. The molecule has 0 spiro atoms. The first kappa shape index (κ1) is 18.6. The predicted octanol–water partition coefficient (Wildman–Crippen LogP) is 3.34. The lowest BCUT2D eigenvalue weighted by Gasteiger charge is -2.21. The van der Waals surface area contributed by atoms with E-state index in [1.165, 1.54) is 5.56 Å². The fraction of sp³-hybridized carbons (Fsp3) is 0.550. The van der Waals surface area contributed by atoms with E-state index in [2.05, 4.69) is 53.3 Å². The van der Waals surface area contributed by atoms with Gasteiger partial charge in [-0.25, -0.2) is 0 Å². The van der Waals surface area contributed by atoms with Crippen molar-refractivity contribution in [1.29, 1.82) is 0 Å². The normalized spacial score (nSPS) is 17.8. The molecular formula is C20H28N4O2. The molecule has 6 heteroatoms. The highest BCUT2D eigenvalue weighted by atomic mass is 16.5. The van der Waals surface area contributed by atoms with Crippen LogP contribution in [0.3, 0.4) is 0 Å². The molecule has 0 radical (unpaired) electrons. The zero-order valence-electron chi connectivity index (χ0n) is 15.9. The molecule has 3 rings (SSSR count). The van der Waals surface area contributed by atoms with Crippen LogP contribution in [0.15, 0.2) is 28.8 Å². The molecule has 0 bridgehead atoms. The van der Waals surface area contributed by atoms with Crippen molar-refractivity contribution in [2.45, 2.75) is 58.5 Å². The zero-order chi connectivity index (χ0) is 18.5. The Hall–Kier alpha value is -2.21. The highest BCUT2D eigenvalue weighted by molar-refractivity contribution is 5.76. The van der Waals surface area contributed by atoms with Crippen LogP contribution in [0, 0.1) is 6.92 Å². The Kier molecular flexibility index (Phi) is 6.04. The number of rotatable bonds is 7. The van der Waals surface area contributed by atoms with Crippen LogP contribution in [0.25, 0.3) is 0 Å². The monoisotopic (exact) mass is 356 g/mol. The van der Waals surface area contributed by atoms with Crippen molar-refractivity contribution in [3.8, 4) is 0 Å². The summed E-state index contributed by atoms with van der Waals surface area (Å²) in [5.74, 6) is 1.77. The van der Waals surface area contributed by atoms with Gasteiger partial charge in [0.15, 0.2) is 5.82 Å². The van der Waals surface area contributed by atoms with Gasteiger partial charge in [0.25, 0.3) is 0 Å². The molecule has 2 heterocycles. The minimum absolute atomic E-state index is 0.0737. The first-order valence-corrected chi connectivity index (χ1v) is 9.42. The minimum Gasteiger partial charge on any atom is -0.352 e. The van der Waals surface area contributed by atoms with Crippen molar-refractivity contribution in [3.63, 3.8) is 0 Å². The van der Waals surface area contributed by atoms with E-state index in [-0.39, 0.29) is 17.9 Å². The van der Waals surface area contributed by atoms with Crippen molar-refractivity contribution in [1.82, 2.24) is 20.4 Å². The molecule has 1 amide bonds. The molecule has 6 nitrogen and oxygen atoms in total. The number of hydrogen-bond acceptors (Lipinski definition) is 5. The number of benzene rings is 1. The highest BCUT2D eigenvalue weighted by Gasteiger charge is 2.31. The fourth-order valence-electron chi connectivity index (χ4n) is 3.23. The Labute approximate surface area is 155 Å². The molecule has 0 unspecified atom stereocenters. The lowest BCUT2D eigenvalue weighted by molar-refractivity contribution is -0.121. The van der Waals surface area contributed by atoms with Gasteiger partial charge >= 0.3 is 0 Å². The van der Waals surface area contributed by atoms with Crippen LogP contribution in [0.5, 0.6) is 0 Å². The summed E-state index contributed by atoms with van der Waals surface area (Å²) >= 11 is 0. The summed E-state index contributed by atoms with van der Waals surface area (Å²) in [6, 6.07) is 8.36. The Morgan fingerprint density at radius 2 is 2.12 bits per heavy atom. The standard InChI is InChI=1S/C20H28N4O2/c1-14(2)19-22-20(26-23-19)17-5-4-11-24(17)12-10-18(25)21-13-16-8-6-15(3)7-9-16/h6-9,14,17H,4-5,10-13H2,1-3H3,(H,21,25)/t17-/m1/s1. The van der Waals surface area contributed by atoms with Gasteiger partial charge in [0.1, 0.15) is 0 Å². The summed E-state index contributed by atoms with van der Waals surface area (Å²) in [5.41, 5.74) is 2.34. The van der Waals surface area contributed by atoms with Gasteiger partial charge in [-0.05, 0) is 31.9 Å². The second-order valence-electron chi connectivity index (χ2n) is 7.35. The van der Waals surface area contributed by atoms with Gasteiger partial charge in [0.05, 0.1) is 6.04 Å². The Bertz CT molecular complexity index is 724. The molecular weight excluding hydrogens is 328 g/mol.